The fraction of sp³-hybridized carbons (Fsp3) is 0.682. The van der Waals surface area contributed by atoms with Gasteiger partial charge in [0.2, 0.25) is 15.9 Å². The molecule has 0 unspecified atom stereocenters. The summed E-state index contributed by atoms with van der Waals surface area (Å²) in [6.45, 7) is 10.9. The number of benzene rings is 1. The van der Waals surface area contributed by atoms with Crippen molar-refractivity contribution in [3.05, 3.63) is 18.2 Å². The number of sulfonamides is 1. The third kappa shape index (κ3) is 6.96. The minimum Gasteiger partial charge on any atom is -0.489 e. The van der Waals surface area contributed by atoms with Crippen molar-refractivity contribution in [3.8, 4) is 5.75 Å². The normalized spacial score (nSPS) is 15.5. The average Bonchev–Trinajstić information content (AvgIpc) is 2.72. The Labute approximate surface area is 181 Å². The van der Waals surface area contributed by atoms with Crippen molar-refractivity contribution in [1.82, 2.24) is 9.21 Å². The van der Waals surface area contributed by atoms with E-state index in [1.807, 2.05) is 20.8 Å². The molecule has 8 heteroatoms. The van der Waals surface area contributed by atoms with Crippen LogP contribution in [-0.2, 0) is 14.8 Å². The van der Waals surface area contributed by atoms with E-state index in [1.54, 1.807) is 12.1 Å². The third-order valence-electron chi connectivity index (χ3n) is 5.18. The van der Waals surface area contributed by atoms with Gasteiger partial charge in [-0.25, -0.2) is 8.42 Å². The van der Waals surface area contributed by atoms with E-state index in [9.17, 15) is 13.2 Å². The Morgan fingerprint density at radius 3 is 2.50 bits per heavy atom. The summed E-state index contributed by atoms with van der Waals surface area (Å²) < 4.78 is 33.5. The van der Waals surface area contributed by atoms with Crippen LogP contribution in [0.4, 0.5) is 5.69 Å². The van der Waals surface area contributed by atoms with Crippen LogP contribution in [0.25, 0.3) is 0 Å². The molecule has 0 atom stereocenters. The Balaban J connectivity index is 2.24. The Morgan fingerprint density at radius 1 is 1.20 bits per heavy atom. The lowest BCUT2D eigenvalue weighted by atomic mass is 10.2. The lowest BCUT2D eigenvalue weighted by molar-refractivity contribution is -0.117. The van der Waals surface area contributed by atoms with E-state index in [4.69, 9.17) is 4.74 Å². The van der Waals surface area contributed by atoms with Gasteiger partial charge >= 0.3 is 0 Å². The topological polar surface area (TPSA) is 79.0 Å². The number of hydrogen-bond donors (Lipinski definition) is 1. The number of anilines is 1. The number of piperidine rings is 1. The van der Waals surface area contributed by atoms with Crippen molar-refractivity contribution in [2.24, 2.45) is 0 Å². The molecule has 1 aromatic carbocycles. The number of carbonyl (C=O) groups is 1. The van der Waals surface area contributed by atoms with Crippen LogP contribution < -0.4 is 10.1 Å². The van der Waals surface area contributed by atoms with Gasteiger partial charge in [0.25, 0.3) is 0 Å². The lowest BCUT2D eigenvalue weighted by Crippen LogP contribution is -2.36. The number of rotatable bonds is 11. The Kier molecular flexibility index (Phi) is 9.58. The first-order valence-electron chi connectivity index (χ1n) is 11.1. The summed E-state index contributed by atoms with van der Waals surface area (Å²) in [4.78, 5) is 14.9. The van der Waals surface area contributed by atoms with Gasteiger partial charge in [-0.15, -0.1) is 0 Å². The second-order valence-electron chi connectivity index (χ2n) is 8.06. The third-order valence-corrected chi connectivity index (χ3v) is 7.08. The number of nitrogens with one attached hydrogen (secondary N) is 1. The molecule has 1 aromatic rings. The zero-order valence-corrected chi connectivity index (χ0v) is 19.6. The first-order valence-corrected chi connectivity index (χ1v) is 12.5. The number of likely N-dealkylation sites (N-methyl/N-ethyl adjacent to an activating group) is 1. The summed E-state index contributed by atoms with van der Waals surface area (Å²) in [5.41, 5.74) is 0.401. The zero-order valence-electron chi connectivity index (χ0n) is 18.8. The van der Waals surface area contributed by atoms with Gasteiger partial charge in [-0.1, -0.05) is 26.7 Å². The van der Waals surface area contributed by atoms with Crippen LogP contribution in [0.5, 0.6) is 5.75 Å². The molecule has 0 saturated carbocycles. The Morgan fingerprint density at radius 2 is 1.90 bits per heavy atom. The molecule has 170 valence electrons. The molecular formula is C22H37N3O4S. The van der Waals surface area contributed by atoms with Crippen LogP contribution in [0, 0.1) is 0 Å². The standard InChI is InChI=1S/C22H37N3O4S/c1-5-7-13-24(6-2)17-22(26)23-20-16-19(11-12-21(20)29-18(3)4)30(27,28)25-14-9-8-10-15-25/h11-12,16,18H,5-10,13-15,17H2,1-4H3,(H,23,26). The van der Waals surface area contributed by atoms with Crippen LogP contribution in [0.1, 0.15) is 59.8 Å². The van der Waals surface area contributed by atoms with Crippen LogP contribution in [-0.4, -0.2) is 62.4 Å². The van der Waals surface area contributed by atoms with Gasteiger partial charge in [0.05, 0.1) is 23.2 Å². The van der Waals surface area contributed by atoms with E-state index in [-0.39, 0.29) is 23.5 Å². The summed E-state index contributed by atoms with van der Waals surface area (Å²) >= 11 is 0. The van der Waals surface area contributed by atoms with Gasteiger partial charge in [-0.3, -0.25) is 9.69 Å². The number of nitrogens with zero attached hydrogens (tertiary/aromatic N) is 2. The summed E-state index contributed by atoms with van der Waals surface area (Å²) in [5, 5.41) is 2.88. The maximum atomic E-state index is 13.1. The minimum atomic E-state index is -3.59. The van der Waals surface area contributed by atoms with Crippen LogP contribution in [0.15, 0.2) is 23.1 Å². The van der Waals surface area contributed by atoms with Gasteiger partial charge in [0, 0.05) is 13.1 Å². The molecule has 0 radical (unpaired) electrons. The molecule has 1 saturated heterocycles. The van der Waals surface area contributed by atoms with Crippen molar-refractivity contribution < 1.29 is 17.9 Å². The quantitative estimate of drug-likeness (QED) is 0.569. The summed E-state index contributed by atoms with van der Waals surface area (Å²) in [6.07, 6.45) is 4.82. The molecule has 0 spiro atoms. The first kappa shape index (κ1) is 24.6. The SMILES string of the molecule is CCCCN(CC)CC(=O)Nc1cc(S(=O)(=O)N2CCCCC2)ccc1OC(C)C. The van der Waals surface area contributed by atoms with Crippen molar-refractivity contribution in [3.63, 3.8) is 0 Å². The smallest absolute Gasteiger partial charge is 0.243 e. The van der Waals surface area contributed by atoms with E-state index in [1.165, 1.54) is 10.4 Å². The molecular weight excluding hydrogens is 402 g/mol. The van der Waals surface area contributed by atoms with E-state index in [2.05, 4.69) is 17.1 Å². The first-order chi connectivity index (χ1) is 14.3. The molecule has 1 fully saturated rings. The highest BCUT2D eigenvalue weighted by Gasteiger charge is 2.27. The van der Waals surface area contributed by atoms with E-state index in [0.29, 0.717) is 24.5 Å². The number of amides is 1. The van der Waals surface area contributed by atoms with Crippen LogP contribution >= 0.6 is 0 Å². The summed E-state index contributed by atoms with van der Waals surface area (Å²) in [6, 6.07) is 4.74. The summed E-state index contributed by atoms with van der Waals surface area (Å²) in [7, 11) is -3.59. The monoisotopic (exact) mass is 439 g/mol. The van der Waals surface area contributed by atoms with E-state index in [0.717, 1.165) is 45.2 Å². The van der Waals surface area contributed by atoms with Crippen molar-refractivity contribution in [1.29, 1.82) is 0 Å². The minimum absolute atomic E-state index is 0.0955. The predicted molar refractivity (Wildman–Crippen MR) is 120 cm³/mol. The highest BCUT2D eigenvalue weighted by molar-refractivity contribution is 7.89. The molecule has 0 aliphatic carbocycles. The van der Waals surface area contributed by atoms with Crippen LogP contribution in [0.3, 0.4) is 0 Å². The van der Waals surface area contributed by atoms with Crippen molar-refractivity contribution in [2.75, 3.05) is 38.0 Å². The van der Waals surface area contributed by atoms with Crippen LogP contribution in [0.2, 0.25) is 0 Å². The fourth-order valence-corrected chi connectivity index (χ4v) is 5.05. The molecule has 1 aliphatic rings. The zero-order chi connectivity index (χ0) is 22.1. The number of unbranched alkanes of at least 4 members (excludes halogenated alkanes) is 1. The van der Waals surface area contributed by atoms with E-state index < -0.39 is 10.0 Å². The molecule has 1 N–H and O–H groups in total. The second-order valence-corrected chi connectivity index (χ2v) is 10.00. The van der Waals surface area contributed by atoms with E-state index >= 15 is 0 Å². The van der Waals surface area contributed by atoms with Gasteiger partial charge in [-0.05, 0) is 64.4 Å². The number of carbonyl (C=O) groups excluding carboxylic acids is 1. The average molecular weight is 440 g/mol. The van der Waals surface area contributed by atoms with Gasteiger partial charge in [-0.2, -0.15) is 4.31 Å². The lowest BCUT2D eigenvalue weighted by Gasteiger charge is -2.26. The molecule has 7 nitrogen and oxygen atoms in total. The molecule has 1 aliphatic heterocycles. The molecule has 1 amide bonds. The molecule has 0 bridgehead atoms. The maximum absolute atomic E-state index is 13.1. The van der Waals surface area contributed by atoms with Gasteiger partial charge in [0.1, 0.15) is 5.75 Å². The largest absolute Gasteiger partial charge is 0.489 e. The second kappa shape index (κ2) is 11.7. The van der Waals surface area contributed by atoms with Gasteiger partial charge < -0.3 is 10.1 Å². The van der Waals surface area contributed by atoms with Gasteiger partial charge in [0.15, 0.2) is 0 Å². The van der Waals surface area contributed by atoms with Crippen molar-refractivity contribution >= 4 is 21.6 Å². The summed E-state index contributed by atoms with van der Waals surface area (Å²) in [5.74, 6) is 0.307. The molecule has 1 heterocycles. The number of ether oxygens (including phenoxy) is 1. The fourth-order valence-electron chi connectivity index (χ4n) is 3.50. The number of hydrogen-bond acceptors (Lipinski definition) is 5. The highest BCUT2D eigenvalue weighted by atomic mass is 32.2. The maximum Gasteiger partial charge on any atom is 0.243 e. The highest BCUT2D eigenvalue weighted by Crippen LogP contribution is 2.31. The Bertz CT molecular complexity index is 790. The molecule has 0 aromatic heterocycles. The molecule has 30 heavy (non-hydrogen) atoms. The predicted octanol–water partition coefficient (Wildman–Crippen LogP) is 3.71. The Hall–Kier alpha value is -1.64. The molecule has 2 rings (SSSR count). The van der Waals surface area contributed by atoms with Crippen molar-refractivity contribution in [2.45, 2.75) is 70.8 Å².